The van der Waals surface area contributed by atoms with Gasteiger partial charge in [0.15, 0.2) is 0 Å². The third-order valence-corrected chi connectivity index (χ3v) is 5.36. The molecule has 1 aromatic heterocycles. The van der Waals surface area contributed by atoms with Crippen LogP contribution in [0.2, 0.25) is 0 Å². The molecule has 0 N–H and O–H groups in total. The van der Waals surface area contributed by atoms with Crippen LogP contribution in [0.4, 0.5) is 11.8 Å². The molecule has 0 bridgehead atoms. The molecular formula is C21H29N5O2. The van der Waals surface area contributed by atoms with Crippen LogP contribution in [0.15, 0.2) is 30.3 Å². The zero-order valence-corrected chi connectivity index (χ0v) is 16.8. The van der Waals surface area contributed by atoms with Crippen molar-refractivity contribution in [1.29, 1.82) is 0 Å². The predicted molar refractivity (Wildman–Crippen MR) is 110 cm³/mol. The van der Waals surface area contributed by atoms with E-state index in [4.69, 9.17) is 19.4 Å². The fraction of sp³-hybridized carbons (Fsp3) is 0.524. The lowest BCUT2D eigenvalue weighted by Crippen LogP contribution is -2.46. The van der Waals surface area contributed by atoms with Crippen LogP contribution in [0.3, 0.4) is 0 Å². The number of morpholine rings is 1. The molecule has 4 rings (SSSR count). The summed E-state index contributed by atoms with van der Waals surface area (Å²) in [5, 5.41) is 0. The highest BCUT2D eigenvalue weighted by atomic mass is 16.5. The molecule has 0 atom stereocenters. The number of hydrogen-bond donors (Lipinski definition) is 0. The van der Waals surface area contributed by atoms with E-state index in [9.17, 15) is 0 Å². The molecule has 3 heterocycles. The van der Waals surface area contributed by atoms with Gasteiger partial charge in [-0.15, -0.1) is 0 Å². The van der Waals surface area contributed by atoms with Crippen LogP contribution >= 0.6 is 0 Å². The fourth-order valence-corrected chi connectivity index (χ4v) is 3.77. The van der Waals surface area contributed by atoms with Crippen molar-refractivity contribution >= 4 is 11.8 Å². The Hall–Kier alpha value is -2.38. The number of rotatable bonds is 5. The molecule has 2 fully saturated rings. The molecule has 0 amide bonds. The largest absolute Gasteiger partial charge is 0.497 e. The summed E-state index contributed by atoms with van der Waals surface area (Å²) in [5.41, 5.74) is 2.31. The first-order valence-corrected chi connectivity index (χ1v) is 10.00. The maximum atomic E-state index is 5.46. The highest BCUT2D eigenvalue weighted by molar-refractivity contribution is 5.46. The number of methoxy groups -OCH3 is 1. The number of ether oxygens (including phenoxy) is 2. The van der Waals surface area contributed by atoms with Gasteiger partial charge >= 0.3 is 0 Å². The predicted octanol–water partition coefficient (Wildman–Crippen LogP) is 1.95. The van der Waals surface area contributed by atoms with Gasteiger partial charge in [0, 0.05) is 57.6 Å². The van der Waals surface area contributed by atoms with E-state index in [1.807, 2.05) is 13.0 Å². The number of piperazine rings is 1. The summed E-state index contributed by atoms with van der Waals surface area (Å²) in [6, 6.07) is 10.4. The topological polar surface area (TPSA) is 54.0 Å². The number of hydrogen-bond acceptors (Lipinski definition) is 7. The molecule has 150 valence electrons. The number of aromatic nitrogens is 2. The first-order chi connectivity index (χ1) is 13.7. The zero-order chi connectivity index (χ0) is 19.3. The summed E-state index contributed by atoms with van der Waals surface area (Å²) >= 11 is 0. The minimum Gasteiger partial charge on any atom is -0.497 e. The zero-order valence-electron chi connectivity index (χ0n) is 16.8. The Morgan fingerprint density at radius 2 is 1.75 bits per heavy atom. The van der Waals surface area contributed by atoms with Crippen molar-refractivity contribution < 1.29 is 9.47 Å². The minimum absolute atomic E-state index is 0.765. The molecule has 0 aliphatic carbocycles. The van der Waals surface area contributed by atoms with E-state index in [2.05, 4.69) is 39.0 Å². The molecule has 2 saturated heterocycles. The molecular weight excluding hydrogens is 354 g/mol. The highest BCUT2D eigenvalue weighted by Crippen LogP contribution is 2.21. The first kappa shape index (κ1) is 19.0. The summed E-state index contributed by atoms with van der Waals surface area (Å²) in [5.74, 6) is 2.78. The Bertz CT molecular complexity index is 786. The third-order valence-electron chi connectivity index (χ3n) is 5.36. The van der Waals surface area contributed by atoms with Gasteiger partial charge in [-0.3, -0.25) is 4.90 Å². The number of anilines is 2. The summed E-state index contributed by atoms with van der Waals surface area (Å²) in [6.45, 7) is 10.2. The van der Waals surface area contributed by atoms with Gasteiger partial charge in [0.05, 0.1) is 20.3 Å². The number of nitrogens with zero attached hydrogens (tertiary/aromatic N) is 5. The van der Waals surface area contributed by atoms with Crippen LogP contribution in [0.5, 0.6) is 5.75 Å². The standard InChI is InChI=1S/C21H29N5O2/c1-17-14-20(25-10-12-28-13-11-25)23-21(22-17)26-8-6-24(7-9-26)16-18-4-3-5-19(15-18)27-2/h3-5,14-15H,6-13,16H2,1-2H3. The Balaban J connectivity index is 1.38. The highest BCUT2D eigenvalue weighted by Gasteiger charge is 2.21. The lowest BCUT2D eigenvalue weighted by molar-refractivity contribution is 0.122. The normalized spacial score (nSPS) is 18.4. The summed E-state index contributed by atoms with van der Waals surface area (Å²) in [4.78, 5) is 16.6. The van der Waals surface area contributed by atoms with Crippen LogP contribution in [-0.2, 0) is 11.3 Å². The lowest BCUT2D eigenvalue weighted by Gasteiger charge is -2.35. The molecule has 1 aromatic carbocycles. The fourth-order valence-electron chi connectivity index (χ4n) is 3.77. The maximum absolute atomic E-state index is 5.46. The summed E-state index contributed by atoms with van der Waals surface area (Å²) in [7, 11) is 1.71. The quantitative estimate of drug-likeness (QED) is 0.782. The number of aryl methyl sites for hydroxylation is 1. The monoisotopic (exact) mass is 383 g/mol. The van der Waals surface area contributed by atoms with Crippen molar-refractivity contribution in [3.8, 4) is 5.75 Å². The Kier molecular flexibility index (Phi) is 5.92. The molecule has 28 heavy (non-hydrogen) atoms. The van der Waals surface area contributed by atoms with Gasteiger partial charge in [0.25, 0.3) is 0 Å². The first-order valence-electron chi connectivity index (χ1n) is 10.00. The van der Waals surface area contributed by atoms with Crippen molar-refractivity contribution in [3.05, 3.63) is 41.6 Å². The third kappa shape index (κ3) is 4.54. The van der Waals surface area contributed by atoms with Gasteiger partial charge in [-0.25, -0.2) is 4.98 Å². The van der Waals surface area contributed by atoms with Gasteiger partial charge in [-0.1, -0.05) is 12.1 Å². The van der Waals surface area contributed by atoms with Crippen molar-refractivity contribution in [2.45, 2.75) is 13.5 Å². The summed E-state index contributed by atoms with van der Waals surface area (Å²) < 4.78 is 10.8. The van der Waals surface area contributed by atoms with Gasteiger partial charge in [0.1, 0.15) is 11.6 Å². The molecule has 0 saturated carbocycles. The maximum Gasteiger partial charge on any atom is 0.227 e. The van der Waals surface area contributed by atoms with Crippen molar-refractivity contribution in [2.24, 2.45) is 0 Å². The van der Waals surface area contributed by atoms with Gasteiger partial charge in [-0.05, 0) is 24.6 Å². The number of benzene rings is 1. The van der Waals surface area contributed by atoms with Crippen LogP contribution < -0.4 is 14.5 Å². The van der Waals surface area contributed by atoms with E-state index < -0.39 is 0 Å². The molecule has 7 heteroatoms. The van der Waals surface area contributed by atoms with E-state index in [0.29, 0.717) is 0 Å². The van der Waals surface area contributed by atoms with E-state index >= 15 is 0 Å². The van der Waals surface area contributed by atoms with Gasteiger partial charge < -0.3 is 19.3 Å². The van der Waals surface area contributed by atoms with Crippen molar-refractivity contribution in [3.63, 3.8) is 0 Å². The SMILES string of the molecule is COc1cccc(CN2CCN(c3nc(C)cc(N4CCOCC4)n3)CC2)c1. The minimum atomic E-state index is 0.765. The average Bonchev–Trinajstić information content (AvgIpc) is 2.74. The van der Waals surface area contributed by atoms with Crippen LogP contribution in [-0.4, -0.2) is 74.5 Å². The Morgan fingerprint density at radius 3 is 2.50 bits per heavy atom. The lowest BCUT2D eigenvalue weighted by atomic mass is 10.2. The van der Waals surface area contributed by atoms with Crippen molar-refractivity contribution in [2.75, 3.05) is 69.4 Å². The van der Waals surface area contributed by atoms with E-state index in [-0.39, 0.29) is 0 Å². The molecule has 0 unspecified atom stereocenters. The molecule has 0 spiro atoms. The van der Waals surface area contributed by atoms with Gasteiger partial charge in [0.2, 0.25) is 5.95 Å². The second kappa shape index (κ2) is 8.75. The Morgan fingerprint density at radius 1 is 0.964 bits per heavy atom. The summed E-state index contributed by atoms with van der Waals surface area (Å²) in [6.07, 6.45) is 0. The van der Waals surface area contributed by atoms with E-state index in [1.54, 1.807) is 7.11 Å². The smallest absolute Gasteiger partial charge is 0.227 e. The van der Waals surface area contributed by atoms with Crippen LogP contribution in [0, 0.1) is 6.92 Å². The Labute approximate surface area is 166 Å². The van der Waals surface area contributed by atoms with Crippen LogP contribution in [0.1, 0.15) is 11.3 Å². The molecule has 2 aromatic rings. The van der Waals surface area contributed by atoms with Gasteiger partial charge in [-0.2, -0.15) is 4.98 Å². The van der Waals surface area contributed by atoms with Crippen molar-refractivity contribution in [1.82, 2.24) is 14.9 Å². The molecule has 7 nitrogen and oxygen atoms in total. The van der Waals surface area contributed by atoms with E-state index in [1.165, 1.54) is 5.56 Å². The second-order valence-corrected chi connectivity index (χ2v) is 7.38. The molecule has 0 radical (unpaired) electrons. The second-order valence-electron chi connectivity index (χ2n) is 7.38. The average molecular weight is 383 g/mol. The molecule has 2 aliphatic heterocycles. The van der Waals surface area contributed by atoms with Crippen LogP contribution in [0.25, 0.3) is 0 Å². The van der Waals surface area contributed by atoms with E-state index in [0.717, 1.165) is 82.2 Å². The molecule has 2 aliphatic rings.